The maximum Gasteiger partial charge on any atom is 0.166 e. The van der Waals surface area contributed by atoms with E-state index in [2.05, 4.69) is 61.7 Å². The molecule has 2 aromatic rings. The first-order valence-electron chi connectivity index (χ1n) is 12.6. The fourth-order valence-corrected chi connectivity index (χ4v) is 4.32. The van der Waals surface area contributed by atoms with Crippen LogP contribution in [0.4, 0.5) is 15.9 Å². The van der Waals surface area contributed by atoms with E-state index in [1.165, 1.54) is 18.2 Å². The molecule has 0 radical (unpaired) electrons. The van der Waals surface area contributed by atoms with Crippen molar-refractivity contribution in [1.29, 1.82) is 10.7 Å². The van der Waals surface area contributed by atoms with Crippen molar-refractivity contribution in [1.82, 2.24) is 15.6 Å². The summed E-state index contributed by atoms with van der Waals surface area (Å²) in [6.07, 6.45) is 11.2. The van der Waals surface area contributed by atoms with E-state index in [0.717, 1.165) is 5.75 Å². The van der Waals surface area contributed by atoms with Crippen LogP contribution in [0.15, 0.2) is 58.5 Å². The van der Waals surface area contributed by atoms with Crippen LogP contribution in [0.2, 0.25) is 0 Å². The van der Waals surface area contributed by atoms with Crippen LogP contribution >= 0.6 is 26.0 Å². The zero-order chi connectivity index (χ0) is 29.7. The van der Waals surface area contributed by atoms with Crippen LogP contribution in [0, 0.1) is 22.6 Å². The number of nitrogens with two attached hydrogens (primary N) is 1. The number of hydrogen-bond donors (Lipinski definition) is 5. The van der Waals surface area contributed by atoms with Crippen molar-refractivity contribution in [2.24, 2.45) is 0 Å². The number of pyridine rings is 1. The smallest absolute Gasteiger partial charge is 0.166 e. The standard InChI is InChI=1S/C28H39BrFN7O2S/c1-19(39-27-12-20(29)17-35-28(27)33)25-13-21(30)6-7-26(25)37-23(8-9-34-2)14-22(32)15-24(16-31)36-18-38-10-11-40(3,4)5/h6-8,12-13,15,17,19,32,34,36-37H,9-11,14,18H2,1-5H3,(H2,33,35)/b23-8-,24-15-,32-22?/t19-/m1/s1. The number of nitrogen functional groups attached to an aromatic ring is 1. The highest BCUT2D eigenvalue weighted by atomic mass is 79.9. The number of anilines is 2. The van der Waals surface area contributed by atoms with Gasteiger partial charge in [0.1, 0.15) is 30.4 Å². The fourth-order valence-electron chi connectivity index (χ4n) is 3.39. The lowest BCUT2D eigenvalue weighted by molar-refractivity contribution is 0.139. The molecule has 12 heteroatoms. The number of benzene rings is 1. The number of hydrogen-bond acceptors (Lipinski definition) is 9. The first kappa shape index (κ1) is 33.1. The summed E-state index contributed by atoms with van der Waals surface area (Å²) in [5, 5.41) is 27.3. The van der Waals surface area contributed by atoms with Crippen LogP contribution in [0.25, 0.3) is 0 Å². The monoisotopic (exact) mass is 635 g/mol. The number of ether oxygens (including phenoxy) is 2. The van der Waals surface area contributed by atoms with E-state index in [1.807, 2.05) is 13.1 Å². The molecule has 218 valence electrons. The molecule has 40 heavy (non-hydrogen) atoms. The van der Waals surface area contributed by atoms with Crippen LogP contribution in [0.5, 0.6) is 5.75 Å². The van der Waals surface area contributed by atoms with Gasteiger partial charge in [0.25, 0.3) is 0 Å². The molecule has 0 spiro atoms. The highest BCUT2D eigenvalue weighted by Gasteiger charge is 2.17. The number of nitrogens with zero attached hydrogens (tertiary/aromatic N) is 2. The van der Waals surface area contributed by atoms with Gasteiger partial charge in [0, 0.05) is 52.0 Å². The Kier molecular flexibility index (Phi) is 13.4. The van der Waals surface area contributed by atoms with E-state index in [1.54, 1.807) is 25.3 Å². The number of likely N-dealkylation sites (N-methyl/N-ethyl adjacent to an activating group) is 1. The largest absolute Gasteiger partial charge is 0.482 e. The Balaban J connectivity index is 2.15. The molecule has 0 saturated carbocycles. The summed E-state index contributed by atoms with van der Waals surface area (Å²) in [4.78, 5) is 4.08. The van der Waals surface area contributed by atoms with Crippen LogP contribution in [0.3, 0.4) is 0 Å². The second-order valence-electron chi connectivity index (χ2n) is 9.84. The minimum absolute atomic E-state index is 0.192. The van der Waals surface area contributed by atoms with Crippen molar-refractivity contribution >= 4 is 43.2 Å². The molecule has 0 aliphatic rings. The van der Waals surface area contributed by atoms with Gasteiger partial charge in [-0.3, -0.25) is 0 Å². The molecule has 0 unspecified atom stereocenters. The average molecular weight is 637 g/mol. The van der Waals surface area contributed by atoms with Gasteiger partial charge >= 0.3 is 0 Å². The van der Waals surface area contributed by atoms with E-state index in [4.69, 9.17) is 20.6 Å². The van der Waals surface area contributed by atoms with Gasteiger partial charge in [0.05, 0.1) is 6.61 Å². The summed E-state index contributed by atoms with van der Waals surface area (Å²) in [5.41, 5.74) is 8.28. The Morgan fingerprint density at radius 3 is 2.75 bits per heavy atom. The molecule has 0 bridgehead atoms. The minimum Gasteiger partial charge on any atom is -0.482 e. The fraction of sp³-hybridized carbons (Fsp3) is 0.393. The molecule has 0 aliphatic heterocycles. The molecule has 6 N–H and O–H groups in total. The van der Waals surface area contributed by atoms with E-state index in [9.17, 15) is 9.65 Å². The molecular weight excluding hydrogens is 597 g/mol. The SMILES string of the molecule is CNC/C=C(/CC(=N)/C=C(/C#N)NCOCCS(C)(C)C)Nc1ccc(F)cc1[C@@H](C)Oc1cc(Br)cnc1N. The van der Waals surface area contributed by atoms with Gasteiger partial charge in [0.2, 0.25) is 0 Å². The van der Waals surface area contributed by atoms with Gasteiger partial charge < -0.3 is 36.6 Å². The van der Waals surface area contributed by atoms with Gasteiger partial charge in [0.15, 0.2) is 11.6 Å². The third-order valence-electron chi connectivity index (χ3n) is 5.48. The molecule has 0 amide bonds. The zero-order valence-corrected chi connectivity index (χ0v) is 26.0. The molecule has 1 heterocycles. The van der Waals surface area contributed by atoms with Gasteiger partial charge in [-0.15, -0.1) is 0 Å². The van der Waals surface area contributed by atoms with Crippen molar-refractivity contribution in [3.63, 3.8) is 0 Å². The Bertz CT molecular complexity index is 1260. The van der Waals surface area contributed by atoms with Crippen molar-refractivity contribution in [3.05, 3.63) is 69.9 Å². The van der Waals surface area contributed by atoms with E-state index in [0.29, 0.717) is 40.3 Å². The second kappa shape index (κ2) is 16.2. The molecule has 0 aliphatic carbocycles. The van der Waals surface area contributed by atoms with Gasteiger partial charge in [-0.2, -0.15) is 5.26 Å². The number of allylic oxidation sites excluding steroid dienone is 3. The van der Waals surface area contributed by atoms with E-state index < -0.39 is 21.9 Å². The van der Waals surface area contributed by atoms with Crippen molar-refractivity contribution in [2.45, 2.75) is 19.4 Å². The van der Waals surface area contributed by atoms with Crippen LogP contribution < -0.4 is 26.4 Å². The Morgan fingerprint density at radius 1 is 1.32 bits per heavy atom. The normalized spacial score (nSPS) is 13.3. The summed E-state index contributed by atoms with van der Waals surface area (Å²) in [5.74, 6) is 1.15. The lowest BCUT2D eigenvalue weighted by atomic mass is 10.1. The summed E-state index contributed by atoms with van der Waals surface area (Å²) >= 11 is 3.36. The molecule has 2 rings (SSSR count). The minimum atomic E-state index is -0.651. The molecule has 1 atom stereocenters. The zero-order valence-electron chi connectivity index (χ0n) is 23.6. The summed E-state index contributed by atoms with van der Waals surface area (Å²) < 4.78 is 26.6. The Morgan fingerprint density at radius 2 is 2.08 bits per heavy atom. The van der Waals surface area contributed by atoms with Crippen molar-refractivity contribution < 1.29 is 13.9 Å². The van der Waals surface area contributed by atoms with E-state index >= 15 is 0 Å². The number of nitrogens with one attached hydrogen (secondary N) is 4. The first-order valence-corrected chi connectivity index (χ1v) is 16.4. The number of nitriles is 1. The molecule has 0 saturated heterocycles. The van der Waals surface area contributed by atoms with Crippen molar-refractivity contribution in [3.8, 4) is 11.8 Å². The van der Waals surface area contributed by atoms with Crippen LogP contribution in [0.1, 0.15) is 25.0 Å². The highest BCUT2D eigenvalue weighted by molar-refractivity contribution is 9.10. The average Bonchev–Trinajstić information content (AvgIpc) is 2.88. The maximum absolute atomic E-state index is 14.3. The maximum atomic E-state index is 14.3. The lowest BCUT2D eigenvalue weighted by Crippen LogP contribution is -2.20. The quantitative estimate of drug-likeness (QED) is 0.0724. The molecule has 1 aromatic heterocycles. The summed E-state index contributed by atoms with van der Waals surface area (Å²) in [6.45, 7) is 3.13. The number of aromatic nitrogens is 1. The third-order valence-corrected chi connectivity index (χ3v) is 7.30. The highest BCUT2D eigenvalue weighted by Crippen LogP contribution is 2.34. The molecule has 0 fully saturated rings. The molecule has 1 aromatic carbocycles. The Hall–Kier alpha value is -3.11. The van der Waals surface area contributed by atoms with E-state index in [-0.39, 0.29) is 30.4 Å². The van der Waals surface area contributed by atoms with Crippen LogP contribution in [-0.2, 0) is 4.74 Å². The number of halogens is 2. The van der Waals surface area contributed by atoms with Gasteiger partial charge in [-0.1, -0.05) is 6.08 Å². The topological polar surface area (TPSA) is 141 Å². The second-order valence-corrected chi connectivity index (χ2v) is 15.3. The molecule has 9 nitrogen and oxygen atoms in total. The summed E-state index contributed by atoms with van der Waals surface area (Å²) in [6, 6.07) is 8.15. The predicted octanol–water partition coefficient (Wildman–Crippen LogP) is 5.30. The summed E-state index contributed by atoms with van der Waals surface area (Å²) in [7, 11) is 1.16. The first-order chi connectivity index (χ1) is 18.9. The van der Waals surface area contributed by atoms with Gasteiger partial charge in [-0.05, 0) is 79.0 Å². The van der Waals surface area contributed by atoms with Crippen LogP contribution in [-0.4, -0.2) is 62.1 Å². The third kappa shape index (κ3) is 12.0. The Labute approximate surface area is 246 Å². The van der Waals surface area contributed by atoms with Gasteiger partial charge in [-0.25, -0.2) is 19.4 Å². The lowest BCUT2D eigenvalue weighted by Gasteiger charge is -2.24. The molecular formula is C28H39BrFN7O2S. The number of rotatable bonds is 16. The van der Waals surface area contributed by atoms with Crippen molar-refractivity contribution in [2.75, 3.05) is 62.5 Å². The predicted molar refractivity (Wildman–Crippen MR) is 168 cm³/mol.